The Bertz CT molecular complexity index is 423. The molecule has 1 aromatic rings. The molecule has 2 atom stereocenters. The maximum atomic E-state index is 12.1. The molecule has 0 radical (unpaired) electrons. The summed E-state index contributed by atoms with van der Waals surface area (Å²) in [7, 11) is 0. The van der Waals surface area contributed by atoms with Gasteiger partial charge in [0.2, 0.25) is 5.91 Å². The van der Waals surface area contributed by atoms with E-state index >= 15 is 0 Å². The van der Waals surface area contributed by atoms with Crippen molar-refractivity contribution < 1.29 is 9.53 Å². The van der Waals surface area contributed by atoms with Crippen LogP contribution in [-0.4, -0.2) is 30.1 Å². The molecule has 5 nitrogen and oxygen atoms in total. The highest BCUT2D eigenvalue weighted by Crippen LogP contribution is 2.28. The summed E-state index contributed by atoms with van der Waals surface area (Å²) in [5, 5.41) is 2.75. The number of amides is 1. The highest BCUT2D eigenvalue weighted by atomic mass is 79.9. The third-order valence-corrected chi connectivity index (χ3v) is 3.47. The normalized spacial score (nSPS) is 28.1. The number of halogens is 1. The number of carbonyl (C=O) groups is 1. The topological polar surface area (TPSA) is 77.2 Å². The van der Waals surface area contributed by atoms with E-state index < -0.39 is 5.41 Å². The van der Waals surface area contributed by atoms with Gasteiger partial charge in [-0.05, 0) is 35.0 Å². The van der Waals surface area contributed by atoms with Crippen LogP contribution >= 0.6 is 15.9 Å². The van der Waals surface area contributed by atoms with Crippen LogP contribution in [0.3, 0.4) is 0 Å². The van der Waals surface area contributed by atoms with Crippen LogP contribution in [0.2, 0.25) is 0 Å². The molecule has 0 saturated carbocycles. The van der Waals surface area contributed by atoms with Gasteiger partial charge in [0.05, 0.1) is 18.6 Å². The summed E-state index contributed by atoms with van der Waals surface area (Å²) in [6.45, 7) is 2.56. The quantitative estimate of drug-likeness (QED) is 0.859. The molecule has 2 rings (SSSR count). The zero-order chi connectivity index (χ0) is 12.5. The second-order valence-electron chi connectivity index (χ2n) is 4.35. The van der Waals surface area contributed by atoms with Crippen LogP contribution in [-0.2, 0) is 9.53 Å². The van der Waals surface area contributed by atoms with Gasteiger partial charge in [0.15, 0.2) is 0 Å². The molecule has 0 bridgehead atoms. The number of anilines is 1. The van der Waals surface area contributed by atoms with Gasteiger partial charge in [-0.25, -0.2) is 4.98 Å². The zero-order valence-corrected chi connectivity index (χ0v) is 11.0. The van der Waals surface area contributed by atoms with Crippen LogP contribution in [0.4, 0.5) is 5.82 Å². The van der Waals surface area contributed by atoms with Crippen molar-refractivity contribution in [1.82, 2.24) is 4.98 Å². The molecule has 0 aromatic carbocycles. The third kappa shape index (κ3) is 2.48. The molecule has 17 heavy (non-hydrogen) atoms. The summed E-state index contributed by atoms with van der Waals surface area (Å²) >= 11 is 3.28. The number of nitrogens with two attached hydrogens (primary N) is 1. The molecule has 1 aliphatic heterocycles. The Morgan fingerprint density at radius 3 is 3.00 bits per heavy atom. The third-order valence-electron chi connectivity index (χ3n) is 3.01. The molecule has 6 heteroatoms. The molecule has 1 amide bonds. The first kappa shape index (κ1) is 12.5. The van der Waals surface area contributed by atoms with Gasteiger partial charge in [-0.15, -0.1) is 0 Å². The minimum absolute atomic E-state index is 0.155. The first-order chi connectivity index (χ1) is 8.02. The maximum Gasteiger partial charge on any atom is 0.235 e. The summed E-state index contributed by atoms with van der Waals surface area (Å²) < 4.78 is 6.10. The van der Waals surface area contributed by atoms with E-state index in [4.69, 9.17) is 10.5 Å². The molecule has 3 N–H and O–H groups in total. The molecule has 1 saturated heterocycles. The van der Waals surface area contributed by atoms with E-state index in [9.17, 15) is 4.79 Å². The summed E-state index contributed by atoms with van der Waals surface area (Å²) in [4.78, 5) is 16.2. The number of carbonyl (C=O) groups excluding carboxylic acids is 1. The van der Waals surface area contributed by atoms with Gasteiger partial charge in [0, 0.05) is 16.7 Å². The van der Waals surface area contributed by atoms with Crippen molar-refractivity contribution in [3.63, 3.8) is 0 Å². The zero-order valence-electron chi connectivity index (χ0n) is 9.44. The van der Waals surface area contributed by atoms with Crippen LogP contribution in [0.1, 0.15) is 6.92 Å². The molecule has 1 fully saturated rings. The standard InChI is InChI=1S/C11H14BrN3O2/c1-11(6-17-5-8(11)13)10(16)15-9-3-2-7(12)4-14-9/h2-4,8H,5-6,13H2,1H3,(H,14,15,16). The highest BCUT2D eigenvalue weighted by Gasteiger charge is 2.44. The van der Waals surface area contributed by atoms with Crippen molar-refractivity contribution >= 4 is 27.7 Å². The Balaban J connectivity index is 2.09. The van der Waals surface area contributed by atoms with Crippen LogP contribution in [0.5, 0.6) is 0 Å². The Hall–Kier alpha value is -0.980. The molecular formula is C11H14BrN3O2. The summed E-state index contributed by atoms with van der Waals surface area (Å²) in [6.07, 6.45) is 1.63. The molecule has 0 aliphatic carbocycles. The molecular weight excluding hydrogens is 286 g/mol. The van der Waals surface area contributed by atoms with Crippen LogP contribution in [0.15, 0.2) is 22.8 Å². The van der Waals surface area contributed by atoms with Gasteiger partial charge < -0.3 is 15.8 Å². The molecule has 2 heterocycles. The minimum atomic E-state index is -0.686. The van der Waals surface area contributed by atoms with Gasteiger partial charge in [-0.2, -0.15) is 0 Å². The first-order valence-corrected chi connectivity index (χ1v) is 6.08. The van der Waals surface area contributed by atoms with Crippen molar-refractivity contribution in [1.29, 1.82) is 0 Å². The second-order valence-corrected chi connectivity index (χ2v) is 5.27. The van der Waals surface area contributed by atoms with Gasteiger partial charge in [-0.1, -0.05) is 0 Å². The fourth-order valence-electron chi connectivity index (χ4n) is 1.63. The monoisotopic (exact) mass is 299 g/mol. The van der Waals surface area contributed by atoms with Gasteiger partial charge in [0.1, 0.15) is 5.82 Å². The molecule has 1 aliphatic rings. The van der Waals surface area contributed by atoms with E-state index in [0.29, 0.717) is 19.0 Å². The lowest BCUT2D eigenvalue weighted by Crippen LogP contribution is -2.47. The minimum Gasteiger partial charge on any atom is -0.379 e. The Morgan fingerprint density at radius 1 is 1.71 bits per heavy atom. The van der Waals surface area contributed by atoms with Crippen molar-refractivity contribution in [3.05, 3.63) is 22.8 Å². The number of rotatable bonds is 2. The molecule has 2 unspecified atom stereocenters. The number of pyridine rings is 1. The predicted molar refractivity (Wildman–Crippen MR) is 67.5 cm³/mol. The van der Waals surface area contributed by atoms with E-state index in [2.05, 4.69) is 26.2 Å². The first-order valence-electron chi connectivity index (χ1n) is 5.29. The van der Waals surface area contributed by atoms with Crippen LogP contribution in [0.25, 0.3) is 0 Å². The highest BCUT2D eigenvalue weighted by molar-refractivity contribution is 9.10. The lowest BCUT2D eigenvalue weighted by Gasteiger charge is -2.25. The largest absolute Gasteiger partial charge is 0.379 e. The van der Waals surface area contributed by atoms with E-state index in [0.717, 1.165) is 4.47 Å². The Morgan fingerprint density at radius 2 is 2.47 bits per heavy atom. The summed E-state index contributed by atoms with van der Waals surface area (Å²) in [6, 6.07) is 3.26. The smallest absolute Gasteiger partial charge is 0.235 e. The van der Waals surface area contributed by atoms with E-state index in [1.807, 2.05) is 6.07 Å². The average Bonchev–Trinajstić information content (AvgIpc) is 2.64. The van der Waals surface area contributed by atoms with Crippen LogP contribution in [0, 0.1) is 5.41 Å². The molecule has 0 spiro atoms. The summed E-state index contributed by atoms with van der Waals surface area (Å²) in [5.74, 6) is 0.357. The SMILES string of the molecule is CC1(C(=O)Nc2ccc(Br)cn2)COCC1N. The Kier molecular flexibility index (Phi) is 3.46. The van der Waals surface area contributed by atoms with Crippen molar-refractivity contribution in [2.24, 2.45) is 11.1 Å². The summed E-state index contributed by atoms with van der Waals surface area (Å²) in [5.41, 5.74) is 5.19. The fraction of sp³-hybridized carbons (Fsp3) is 0.455. The van der Waals surface area contributed by atoms with Gasteiger partial charge >= 0.3 is 0 Å². The predicted octanol–water partition coefficient (Wildman–Crippen LogP) is 1.15. The van der Waals surface area contributed by atoms with Crippen molar-refractivity contribution in [2.45, 2.75) is 13.0 Å². The van der Waals surface area contributed by atoms with Crippen LogP contribution < -0.4 is 11.1 Å². The number of hydrogen-bond acceptors (Lipinski definition) is 4. The van der Waals surface area contributed by atoms with E-state index in [1.54, 1.807) is 19.2 Å². The lowest BCUT2D eigenvalue weighted by molar-refractivity contribution is -0.125. The van der Waals surface area contributed by atoms with Gasteiger partial charge in [0.25, 0.3) is 0 Å². The number of hydrogen-bond donors (Lipinski definition) is 2. The average molecular weight is 300 g/mol. The second kappa shape index (κ2) is 4.72. The number of ether oxygens (including phenoxy) is 1. The molecule has 1 aromatic heterocycles. The van der Waals surface area contributed by atoms with E-state index in [-0.39, 0.29) is 11.9 Å². The fourth-order valence-corrected chi connectivity index (χ4v) is 1.87. The lowest BCUT2D eigenvalue weighted by atomic mass is 9.85. The van der Waals surface area contributed by atoms with Gasteiger partial charge in [-0.3, -0.25) is 4.79 Å². The Labute approximate surface area is 108 Å². The van der Waals surface area contributed by atoms with E-state index in [1.165, 1.54) is 0 Å². The molecule has 92 valence electrons. The number of aromatic nitrogens is 1. The number of nitrogens with zero attached hydrogens (tertiary/aromatic N) is 1. The number of nitrogens with one attached hydrogen (secondary N) is 1. The van der Waals surface area contributed by atoms with Crippen molar-refractivity contribution in [2.75, 3.05) is 18.5 Å². The maximum absolute atomic E-state index is 12.1. The van der Waals surface area contributed by atoms with Crippen molar-refractivity contribution in [3.8, 4) is 0 Å².